The molecule has 1 aromatic carbocycles. The number of benzene rings is 1. The third-order valence-corrected chi connectivity index (χ3v) is 3.57. The lowest BCUT2D eigenvalue weighted by atomic mass is 9.94. The first-order chi connectivity index (χ1) is 9.86. The Morgan fingerprint density at radius 2 is 2.15 bits per heavy atom. The van der Waals surface area contributed by atoms with Crippen LogP contribution in [0.15, 0.2) is 42.5 Å². The summed E-state index contributed by atoms with van der Waals surface area (Å²) in [5, 5.41) is 15.7. The normalized spacial score (nSPS) is 17.1. The summed E-state index contributed by atoms with van der Waals surface area (Å²) < 4.78 is 0. The summed E-state index contributed by atoms with van der Waals surface area (Å²) in [4.78, 5) is 4.23. The molecule has 0 amide bonds. The van der Waals surface area contributed by atoms with Gasteiger partial charge in [-0.3, -0.25) is 0 Å². The Hall–Kier alpha value is -2.38. The number of aromatic nitrogens is 1. The molecule has 2 aromatic rings. The highest BCUT2D eigenvalue weighted by molar-refractivity contribution is 5.40. The average Bonchev–Trinajstić information content (AvgIpc) is 2.53. The van der Waals surface area contributed by atoms with E-state index in [2.05, 4.69) is 46.0 Å². The van der Waals surface area contributed by atoms with Crippen molar-refractivity contribution in [3.8, 4) is 6.07 Å². The molecule has 3 rings (SSSR count). The molecule has 1 aliphatic rings. The summed E-state index contributed by atoms with van der Waals surface area (Å²) in [6.07, 6.45) is 1.08. The summed E-state index contributed by atoms with van der Waals surface area (Å²) in [6, 6.07) is 16.3. The van der Waals surface area contributed by atoms with E-state index in [1.165, 1.54) is 11.1 Å². The lowest BCUT2D eigenvalue weighted by Crippen LogP contribution is -2.34. The Morgan fingerprint density at radius 1 is 1.25 bits per heavy atom. The number of rotatable bonds is 3. The maximum absolute atomic E-state index is 8.86. The van der Waals surface area contributed by atoms with E-state index in [1.54, 1.807) is 6.07 Å². The number of nitrogens with zero attached hydrogens (tertiary/aromatic N) is 2. The van der Waals surface area contributed by atoms with E-state index in [0.717, 1.165) is 25.3 Å². The van der Waals surface area contributed by atoms with E-state index in [-0.39, 0.29) is 6.04 Å². The van der Waals surface area contributed by atoms with E-state index < -0.39 is 0 Å². The van der Waals surface area contributed by atoms with Crippen LogP contribution in [0.4, 0.5) is 5.82 Å². The van der Waals surface area contributed by atoms with Gasteiger partial charge in [0.25, 0.3) is 0 Å². The zero-order chi connectivity index (χ0) is 13.8. The van der Waals surface area contributed by atoms with Crippen LogP contribution in [0, 0.1) is 11.3 Å². The van der Waals surface area contributed by atoms with Crippen molar-refractivity contribution in [1.29, 1.82) is 5.26 Å². The zero-order valence-corrected chi connectivity index (χ0v) is 11.1. The van der Waals surface area contributed by atoms with E-state index in [4.69, 9.17) is 5.26 Å². The topological polar surface area (TPSA) is 60.7 Å². The van der Waals surface area contributed by atoms with Crippen LogP contribution in [-0.2, 0) is 6.42 Å². The SMILES string of the molecule is N#Cc1cccc(NCC2NCCc3ccccc32)n1. The molecule has 100 valence electrons. The van der Waals surface area contributed by atoms with Crippen LogP contribution < -0.4 is 10.6 Å². The molecule has 0 spiro atoms. The first-order valence-electron chi connectivity index (χ1n) is 6.79. The number of pyridine rings is 1. The Kier molecular flexibility index (Phi) is 3.62. The van der Waals surface area contributed by atoms with Gasteiger partial charge in [0.1, 0.15) is 17.6 Å². The Bertz CT molecular complexity index is 645. The monoisotopic (exact) mass is 264 g/mol. The standard InChI is InChI=1S/C16H16N4/c17-10-13-5-3-7-16(20-13)19-11-15-14-6-2-1-4-12(14)8-9-18-15/h1-7,15,18H,8-9,11H2,(H,19,20). The summed E-state index contributed by atoms with van der Waals surface area (Å²) in [7, 11) is 0. The van der Waals surface area contributed by atoms with Gasteiger partial charge in [0.2, 0.25) is 0 Å². The molecule has 4 nitrogen and oxygen atoms in total. The van der Waals surface area contributed by atoms with Crippen LogP contribution in [0.5, 0.6) is 0 Å². The minimum Gasteiger partial charge on any atom is -0.368 e. The molecule has 0 saturated carbocycles. The van der Waals surface area contributed by atoms with Crippen molar-refractivity contribution in [2.45, 2.75) is 12.5 Å². The second kappa shape index (κ2) is 5.72. The molecule has 2 heterocycles. The predicted octanol–water partition coefficient (Wildman–Crippen LogP) is 2.25. The van der Waals surface area contributed by atoms with E-state index in [1.807, 2.05) is 12.1 Å². The molecule has 2 N–H and O–H groups in total. The van der Waals surface area contributed by atoms with Crippen LogP contribution >= 0.6 is 0 Å². The van der Waals surface area contributed by atoms with Crippen molar-refractivity contribution < 1.29 is 0 Å². The molecule has 0 saturated heterocycles. The number of hydrogen-bond donors (Lipinski definition) is 2. The molecule has 1 atom stereocenters. The smallest absolute Gasteiger partial charge is 0.142 e. The second-order valence-corrected chi connectivity index (χ2v) is 4.86. The minimum absolute atomic E-state index is 0.285. The fraction of sp³-hybridized carbons (Fsp3) is 0.250. The second-order valence-electron chi connectivity index (χ2n) is 4.86. The summed E-state index contributed by atoms with van der Waals surface area (Å²) in [5.41, 5.74) is 3.20. The Labute approximate surface area is 118 Å². The molecule has 4 heteroatoms. The van der Waals surface area contributed by atoms with Gasteiger partial charge in [0.05, 0.1) is 0 Å². The molecule has 1 unspecified atom stereocenters. The fourth-order valence-electron chi connectivity index (χ4n) is 2.58. The van der Waals surface area contributed by atoms with Crippen molar-refractivity contribution in [2.24, 2.45) is 0 Å². The lowest BCUT2D eigenvalue weighted by Gasteiger charge is -2.27. The highest BCUT2D eigenvalue weighted by atomic mass is 15.0. The first kappa shape index (κ1) is 12.6. The van der Waals surface area contributed by atoms with Gasteiger partial charge >= 0.3 is 0 Å². The van der Waals surface area contributed by atoms with Crippen molar-refractivity contribution >= 4 is 5.82 Å². The van der Waals surface area contributed by atoms with Gasteiger partial charge in [-0.05, 0) is 36.2 Å². The van der Waals surface area contributed by atoms with Gasteiger partial charge in [-0.1, -0.05) is 30.3 Å². The molecule has 0 fully saturated rings. The van der Waals surface area contributed by atoms with Gasteiger partial charge < -0.3 is 10.6 Å². The Morgan fingerprint density at radius 3 is 3.05 bits per heavy atom. The maximum Gasteiger partial charge on any atom is 0.142 e. The van der Waals surface area contributed by atoms with E-state index in [9.17, 15) is 0 Å². The first-order valence-corrected chi connectivity index (χ1v) is 6.79. The zero-order valence-electron chi connectivity index (χ0n) is 11.1. The van der Waals surface area contributed by atoms with Gasteiger partial charge in [-0.15, -0.1) is 0 Å². The quantitative estimate of drug-likeness (QED) is 0.892. The van der Waals surface area contributed by atoms with Crippen molar-refractivity contribution in [2.75, 3.05) is 18.4 Å². The van der Waals surface area contributed by atoms with Crippen LogP contribution in [0.25, 0.3) is 0 Å². The molecule has 1 aromatic heterocycles. The molecular weight excluding hydrogens is 248 g/mol. The third-order valence-electron chi connectivity index (χ3n) is 3.57. The molecule has 0 bridgehead atoms. The largest absolute Gasteiger partial charge is 0.368 e. The van der Waals surface area contributed by atoms with Gasteiger partial charge in [0.15, 0.2) is 0 Å². The van der Waals surface area contributed by atoms with Crippen LogP contribution in [0.3, 0.4) is 0 Å². The lowest BCUT2D eigenvalue weighted by molar-refractivity contribution is 0.523. The average molecular weight is 264 g/mol. The summed E-state index contributed by atoms with van der Waals surface area (Å²) in [6.45, 7) is 1.76. The maximum atomic E-state index is 8.86. The summed E-state index contributed by atoms with van der Waals surface area (Å²) >= 11 is 0. The predicted molar refractivity (Wildman–Crippen MR) is 78.3 cm³/mol. The summed E-state index contributed by atoms with van der Waals surface area (Å²) in [5.74, 6) is 0.744. The molecule has 0 radical (unpaired) electrons. The van der Waals surface area contributed by atoms with Crippen molar-refractivity contribution in [3.63, 3.8) is 0 Å². The molecular formula is C16H16N4. The van der Waals surface area contributed by atoms with Crippen molar-refractivity contribution in [3.05, 3.63) is 59.3 Å². The number of nitriles is 1. The highest BCUT2D eigenvalue weighted by Gasteiger charge is 2.18. The van der Waals surface area contributed by atoms with E-state index >= 15 is 0 Å². The highest BCUT2D eigenvalue weighted by Crippen LogP contribution is 2.22. The van der Waals surface area contributed by atoms with Crippen molar-refractivity contribution in [1.82, 2.24) is 10.3 Å². The fourth-order valence-corrected chi connectivity index (χ4v) is 2.58. The van der Waals surface area contributed by atoms with Crippen LogP contribution in [-0.4, -0.2) is 18.1 Å². The van der Waals surface area contributed by atoms with Crippen LogP contribution in [0.2, 0.25) is 0 Å². The minimum atomic E-state index is 0.285. The number of nitrogens with one attached hydrogen (secondary N) is 2. The molecule has 1 aliphatic heterocycles. The third kappa shape index (κ3) is 2.63. The van der Waals surface area contributed by atoms with Crippen LogP contribution in [0.1, 0.15) is 22.9 Å². The van der Waals surface area contributed by atoms with E-state index in [0.29, 0.717) is 5.69 Å². The Balaban J connectivity index is 1.72. The molecule has 20 heavy (non-hydrogen) atoms. The van der Waals surface area contributed by atoms with Gasteiger partial charge in [-0.25, -0.2) is 4.98 Å². The van der Waals surface area contributed by atoms with Gasteiger partial charge in [0, 0.05) is 12.6 Å². The number of anilines is 1. The number of fused-ring (bicyclic) bond motifs is 1. The number of hydrogen-bond acceptors (Lipinski definition) is 4. The van der Waals surface area contributed by atoms with Gasteiger partial charge in [-0.2, -0.15) is 5.26 Å². The molecule has 0 aliphatic carbocycles.